The molecule has 0 saturated carbocycles. The van der Waals surface area contributed by atoms with Crippen LogP contribution in [-0.4, -0.2) is 52.9 Å². The number of carbonyl (C=O) groups excluding carboxylic acids is 1. The number of hydrogen-bond donors (Lipinski definition) is 0. The number of fused-ring (bicyclic) bond motifs is 1. The summed E-state index contributed by atoms with van der Waals surface area (Å²) in [6.45, 7) is 2.48. The van der Waals surface area contributed by atoms with Crippen LogP contribution in [0.4, 0.5) is 0 Å². The van der Waals surface area contributed by atoms with Gasteiger partial charge in [-0.2, -0.15) is 0 Å². The number of aromatic nitrogens is 2. The molecule has 0 spiro atoms. The average Bonchev–Trinajstić information content (AvgIpc) is 2.66. The van der Waals surface area contributed by atoms with Crippen molar-refractivity contribution in [2.75, 3.05) is 32.6 Å². The first-order chi connectivity index (χ1) is 13.6. The largest absolute Gasteiger partial charge is 0.383 e. The van der Waals surface area contributed by atoms with Crippen molar-refractivity contribution in [1.29, 1.82) is 0 Å². The number of methoxy groups -OCH3 is 1. The Hall–Kier alpha value is -1.38. The SMILES string of the molecule is COCCn1c(SCC(=O)N2CCCCCCC2)nc2ccc(Br)cc2c1=O. The molecule has 1 aliphatic rings. The van der Waals surface area contributed by atoms with Crippen LogP contribution in [0.25, 0.3) is 10.9 Å². The third kappa shape index (κ3) is 5.36. The zero-order valence-corrected chi connectivity index (χ0v) is 18.6. The minimum atomic E-state index is -0.107. The third-order valence-corrected chi connectivity index (χ3v) is 6.39. The lowest BCUT2D eigenvalue weighted by Crippen LogP contribution is -2.35. The molecule has 1 fully saturated rings. The topological polar surface area (TPSA) is 64.4 Å². The van der Waals surface area contributed by atoms with Crippen molar-refractivity contribution in [3.8, 4) is 0 Å². The number of halogens is 1. The quantitative estimate of drug-likeness (QED) is 0.478. The van der Waals surface area contributed by atoms with Gasteiger partial charge in [-0.05, 0) is 31.0 Å². The van der Waals surface area contributed by atoms with Gasteiger partial charge in [-0.3, -0.25) is 14.2 Å². The van der Waals surface area contributed by atoms with Crippen LogP contribution in [0.5, 0.6) is 0 Å². The Morgan fingerprint density at radius 2 is 1.93 bits per heavy atom. The van der Waals surface area contributed by atoms with Gasteiger partial charge >= 0.3 is 0 Å². The first-order valence-electron chi connectivity index (χ1n) is 9.70. The van der Waals surface area contributed by atoms with E-state index in [0.717, 1.165) is 30.4 Å². The van der Waals surface area contributed by atoms with Crippen molar-refractivity contribution in [2.24, 2.45) is 0 Å². The predicted octanol–water partition coefficient (Wildman–Crippen LogP) is 3.69. The monoisotopic (exact) mass is 467 g/mol. The van der Waals surface area contributed by atoms with Crippen molar-refractivity contribution in [2.45, 2.75) is 43.8 Å². The number of rotatable bonds is 6. The van der Waals surface area contributed by atoms with Gasteiger partial charge in [0.1, 0.15) is 0 Å². The van der Waals surface area contributed by atoms with Gasteiger partial charge in [0.25, 0.3) is 5.56 Å². The highest BCUT2D eigenvalue weighted by molar-refractivity contribution is 9.10. The highest BCUT2D eigenvalue weighted by Gasteiger charge is 2.18. The highest BCUT2D eigenvalue weighted by Crippen LogP contribution is 2.21. The predicted molar refractivity (Wildman–Crippen MR) is 116 cm³/mol. The normalized spacial score (nSPS) is 15.4. The van der Waals surface area contributed by atoms with Gasteiger partial charge < -0.3 is 9.64 Å². The fourth-order valence-corrected chi connectivity index (χ4v) is 4.67. The molecule has 1 aromatic carbocycles. The fourth-order valence-electron chi connectivity index (χ4n) is 3.38. The second-order valence-corrected chi connectivity index (χ2v) is 8.80. The third-order valence-electron chi connectivity index (χ3n) is 4.93. The molecule has 6 nitrogen and oxygen atoms in total. The van der Waals surface area contributed by atoms with Gasteiger partial charge in [0, 0.05) is 24.7 Å². The van der Waals surface area contributed by atoms with E-state index in [9.17, 15) is 9.59 Å². The second kappa shape index (κ2) is 10.4. The zero-order valence-electron chi connectivity index (χ0n) is 16.2. The van der Waals surface area contributed by atoms with E-state index >= 15 is 0 Å². The maximum Gasteiger partial charge on any atom is 0.262 e. The first-order valence-corrected chi connectivity index (χ1v) is 11.5. The van der Waals surface area contributed by atoms with Gasteiger partial charge in [-0.25, -0.2) is 4.98 Å². The molecule has 1 amide bonds. The van der Waals surface area contributed by atoms with Crippen LogP contribution in [0.2, 0.25) is 0 Å². The maximum atomic E-state index is 13.0. The van der Waals surface area contributed by atoms with Gasteiger partial charge in [-0.1, -0.05) is 47.0 Å². The number of hydrogen-bond acceptors (Lipinski definition) is 5. The molecule has 28 heavy (non-hydrogen) atoms. The van der Waals surface area contributed by atoms with E-state index < -0.39 is 0 Å². The number of benzene rings is 1. The van der Waals surface area contributed by atoms with Gasteiger partial charge in [0.15, 0.2) is 5.16 Å². The summed E-state index contributed by atoms with van der Waals surface area (Å²) in [5, 5.41) is 1.13. The Balaban J connectivity index is 1.81. The molecule has 1 saturated heterocycles. The van der Waals surface area contributed by atoms with Crippen LogP contribution in [0, 0.1) is 0 Å². The summed E-state index contributed by atoms with van der Waals surface area (Å²) in [7, 11) is 1.61. The molecular weight excluding hydrogens is 442 g/mol. The van der Waals surface area contributed by atoms with E-state index in [1.165, 1.54) is 31.0 Å². The lowest BCUT2D eigenvalue weighted by Gasteiger charge is -2.24. The van der Waals surface area contributed by atoms with Crippen LogP contribution in [0.3, 0.4) is 0 Å². The van der Waals surface area contributed by atoms with Crippen molar-refractivity contribution in [3.63, 3.8) is 0 Å². The molecule has 0 atom stereocenters. The second-order valence-electron chi connectivity index (χ2n) is 6.94. The van der Waals surface area contributed by atoms with Crippen LogP contribution in [0.15, 0.2) is 32.6 Å². The summed E-state index contributed by atoms with van der Waals surface area (Å²) in [5.74, 6) is 0.414. The summed E-state index contributed by atoms with van der Waals surface area (Å²) in [5.41, 5.74) is 0.535. The van der Waals surface area contributed by atoms with Crippen molar-refractivity contribution in [3.05, 3.63) is 33.0 Å². The minimum Gasteiger partial charge on any atom is -0.383 e. The van der Waals surface area contributed by atoms with Crippen LogP contribution in [0.1, 0.15) is 32.1 Å². The molecule has 3 rings (SSSR count). The summed E-state index contributed by atoms with van der Waals surface area (Å²) in [6, 6.07) is 5.48. The number of thioether (sulfide) groups is 1. The van der Waals surface area contributed by atoms with Gasteiger partial charge in [0.05, 0.1) is 29.8 Å². The number of nitrogens with zero attached hydrogens (tertiary/aromatic N) is 3. The smallest absolute Gasteiger partial charge is 0.262 e. The number of likely N-dealkylation sites (tertiary alicyclic amines) is 1. The van der Waals surface area contributed by atoms with E-state index in [1.807, 2.05) is 17.0 Å². The number of carbonyl (C=O) groups is 1. The lowest BCUT2D eigenvalue weighted by atomic mass is 10.1. The molecule has 1 aromatic heterocycles. The number of amides is 1. The van der Waals surface area contributed by atoms with Gasteiger partial charge in [-0.15, -0.1) is 0 Å². The Kier molecular flexibility index (Phi) is 7.93. The summed E-state index contributed by atoms with van der Waals surface area (Å²) >= 11 is 4.75. The summed E-state index contributed by atoms with van der Waals surface area (Å²) in [4.78, 5) is 32.3. The molecule has 2 heterocycles. The number of ether oxygens (including phenoxy) is 1. The van der Waals surface area contributed by atoms with E-state index in [4.69, 9.17) is 4.74 Å². The van der Waals surface area contributed by atoms with E-state index in [0.29, 0.717) is 35.0 Å². The molecule has 152 valence electrons. The average molecular weight is 468 g/mol. The molecular formula is C20H26BrN3O3S. The van der Waals surface area contributed by atoms with Crippen molar-refractivity contribution in [1.82, 2.24) is 14.5 Å². The van der Waals surface area contributed by atoms with Crippen molar-refractivity contribution >= 4 is 44.5 Å². The molecule has 0 N–H and O–H groups in total. The highest BCUT2D eigenvalue weighted by atomic mass is 79.9. The molecule has 8 heteroatoms. The van der Waals surface area contributed by atoms with Crippen molar-refractivity contribution < 1.29 is 9.53 Å². The summed E-state index contributed by atoms with van der Waals surface area (Å²) in [6.07, 6.45) is 5.78. The first kappa shape index (κ1) is 21.3. The minimum absolute atomic E-state index is 0.107. The molecule has 0 aliphatic carbocycles. The molecule has 0 radical (unpaired) electrons. The van der Waals surface area contributed by atoms with Gasteiger partial charge in [0.2, 0.25) is 5.91 Å². The van der Waals surface area contributed by atoms with E-state index in [1.54, 1.807) is 17.7 Å². The molecule has 0 bridgehead atoms. The molecule has 2 aromatic rings. The van der Waals surface area contributed by atoms with Crippen LogP contribution < -0.4 is 5.56 Å². The lowest BCUT2D eigenvalue weighted by molar-refractivity contribution is -0.128. The molecule has 0 unspecified atom stereocenters. The van der Waals surface area contributed by atoms with E-state index in [2.05, 4.69) is 20.9 Å². The summed E-state index contributed by atoms with van der Waals surface area (Å²) < 4.78 is 7.61. The zero-order chi connectivity index (χ0) is 19.9. The fraction of sp³-hybridized carbons (Fsp3) is 0.550. The van der Waals surface area contributed by atoms with Crippen LogP contribution >= 0.6 is 27.7 Å². The Morgan fingerprint density at radius 3 is 2.64 bits per heavy atom. The Morgan fingerprint density at radius 1 is 1.21 bits per heavy atom. The van der Waals surface area contributed by atoms with E-state index in [-0.39, 0.29) is 11.5 Å². The van der Waals surface area contributed by atoms with Crippen LogP contribution in [-0.2, 0) is 16.1 Å². The maximum absolute atomic E-state index is 13.0. The molecule has 1 aliphatic heterocycles. The Bertz CT molecular complexity index is 879. The standard InChI is InChI=1S/C20H26BrN3O3S/c1-27-12-11-24-19(26)16-13-15(21)7-8-17(16)22-20(24)28-14-18(25)23-9-5-3-2-4-6-10-23/h7-8,13H,2-6,9-12,14H2,1H3. The Labute approximate surface area is 177 Å².